The molecule has 0 aliphatic heterocycles. The monoisotopic (exact) mass is 305 g/mol. The van der Waals surface area contributed by atoms with E-state index in [1.54, 1.807) is 0 Å². The number of fused-ring (bicyclic) bond motifs is 1. The predicted molar refractivity (Wildman–Crippen MR) is 94.4 cm³/mol. The van der Waals surface area contributed by atoms with Crippen LogP contribution < -0.4 is 0 Å². The van der Waals surface area contributed by atoms with Crippen molar-refractivity contribution >= 4 is 11.1 Å². The van der Waals surface area contributed by atoms with Gasteiger partial charge in [0.15, 0.2) is 5.58 Å². The van der Waals surface area contributed by atoms with Crippen LogP contribution in [0, 0.1) is 5.92 Å². The van der Waals surface area contributed by atoms with Gasteiger partial charge in [-0.3, -0.25) is 0 Å². The van der Waals surface area contributed by atoms with Gasteiger partial charge in [-0.05, 0) is 54.4 Å². The summed E-state index contributed by atoms with van der Waals surface area (Å²) >= 11 is 0. The molecule has 2 heteroatoms. The molecule has 2 unspecified atom stereocenters. The minimum absolute atomic E-state index is 0.298. The molecular weight excluding hydrogens is 282 g/mol. The minimum atomic E-state index is 0.298. The minimum Gasteiger partial charge on any atom is -0.436 e. The van der Waals surface area contributed by atoms with E-state index in [1.165, 1.54) is 36.8 Å². The van der Waals surface area contributed by atoms with Crippen LogP contribution in [0.1, 0.15) is 45.1 Å². The summed E-state index contributed by atoms with van der Waals surface area (Å²) in [6.45, 7) is 4.64. The Bertz CT molecular complexity index is 795. The molecule has 1 aliphatic rings. The maximum Gasteiger partial charge on any atom is 0.227 e. The van der Waals surface area contributed by atoms with Gasteiger partial charge in [0.2, 0.25) is 5.89 Å². The van der Waals surface area contributed by atoms with Gasteiger partial charge in [0.05, 0.1) is 0 Å². The number of oxazole rings is 1. The standard InChI is InChI=1S/C21H23NO/c1-3-15-13-14-21(15,4-2)17-10-6-5-9-16(17)20-22-18-11-7-8-12-19(18)23-20/h5-12,15H,3-4,13-14H2,1-2H3. The molecule has 0 amide bonds. The predicted octanol–water partition coefficient (Wildman–Crippen LogP) is 5.96. The lowest BCUT2D eigenvalue weighted by Crippen LogP contribution is -2.43. The molecule has 1 aromatic heterocycles. The summed E-state index contributed by atoms with van der Waals surface area (Å²) in [5.74, 6) is 1.54. The number of rotatable bonds is 4. The molecule has 4 rings (SSSR count). The third kappa shape index (κ3) is 2.12. The molecule has 0 spiro atoms. The number of hydrogen-bond acceptors (Lipinski definition) is 2. The second-order valence-corrected chi connectivity index (χ2v) is 6.69. The molecule has 2 atom stereocenters. The van der Waals surface area contributed by atoms with Gasteiger partial charge < -0.3 is 4.42 Å². The second kappa shape index (κ2) is 5.52. The van der Waals surface area contributed by atoms with Gasteiger partial charge >= 0.3 is 0 Å². The quantitative estimate of drug-likeness (QED) is 0.594. The van der Waals surface area contributed by atoms with Gasteiger partial charge in [0.25, 0.3) is 0 Å². The highest BCUT2D eigenvalue weighted by atomic mass is 16.3. The number of aromatic nitrogens is 1. The molecule has 1 heterocycles. The molecule has 0 saturated heterocycles. The molecule has 2 aromatic carbocycles. The Morgan fingerprint density at radius 2 is 1.87 bits per heavy atom. The van der Waals surface area contributed by atoms with Gasteiger partial charge in [-0.15, -0.1) is 0 Å². The second-order valence-electron chi connectivity index (χ2n) is 6.69. The Morgan fingerprint density at radius 3 is 2.57 bits per heavy atom. The third-order valence-corrected chi connectivity index (χ3v) is 5.83. The van der Waals surface area contributed by atoms with E-state index in [0.29, 0.717) is 5.41 Å². The van der Waals surface area contributed by atoms with Crippen molar-refractivity contribution in [3.8, 4) is 11.5 Å². The molecule has 118 valence electrons. The smallest absolute Gasteiger partial charge is 0.227 e. The van der Waals surface area contributed by atoms with Gasteiger partial charge in [-0.1, -0.05) is 50.6 Å². The zero-order valence-corrected chi connectivity index (χ0v) is 13.9. The van der Waals surface area contributed by atoms with E-state index in [9.17, 15) is 0 Å². The maximum absolute atomic E-state index is 6.06. The van der Waals surface area contributed by atoms with Gasteiger partial charge in [-0.2, -0.15) is 0 Å². The number of hydrogen-bond donors (Lipinski definition) is 0. The van der Waals surface area contributed by atoms with E-state index in [-0.39, 0.29) is 0 Å². The van der Waals surface area contributed by atoms with E-state index in [4.69, 9.17) is 9.40 Å². The van der Waals surface area contributed by atoms with E-state index >= 15 is 0 Å². The highest BCUT2D eigenvalue weighted by molar-refractivity contribution is 5.77. The highest BCUT2D eigenvalue weighted by Gasteiger charge is 2.46. The number of nitrogens with zero attached hydrogens (tertiary/aromatic N) is 1. The Hall–Kier alpha value is -2.09. The summed E-state index contributed by atoms with van der Waals surface area (Å²) in [5, 5.41) is 0. The first-order valence-electron chi connectivity index (χ1n) is 8.74. The molecule has 2 nitrogen and oxygen atoms in total. The lowest BCUT2D eigenvalue weighted by atomic mass is 9.54. The van der Waals surface area contributed by atoms with E-state index < -0.39 is 0 Å². The van der Waals surface area contributed by atoms with Crippen LogP contribution in [0.4, 0.5) is 0 Å². The summed E-state index contributed by atoms with van der Waals surface area (Å²) < 4.78 is 6.06. The normalized spacial score (nSPS) is 23.8. The van der Waals surface area contributed by atoms with Crippen LogP contribution >= 0.6 is 0 Å². The van der Waals surface area contributed by atoms with Crippen molar-refractivity contribution in [1.29, 1.82) is 0 Å². The lowest BCUT2D eigenvalue weighted by Gasteiger charge is -2.50. The van der Waals surface area contributed by atoms with E-state index in [0.717, 1.165) is 22.9 Å². The van der Waals surface area contributed by atoms with E-state index in [2.05, 4.69) is 38.1 Å². The first-order chi connectivity index (χ1) is 11.3. The van der Waals surface area contributed by atoms with Crippen molar-refractivity contribution < 1.29 is 4.42 Å². The fourth-order valence-corrected chi connectivity index (χ4v) is 4.39. The Morgan fingerprint density at radius 1 is 1.09 bits per heavy atom. The third-order valence-electron chi connectivity index (χ3n) is 5.83. The maximum atomic E-state index is 6.06. The van der Waals surface area contributed by atoms with Crippen molar-refractivity contribution in [2.75, 3.05) is 0 Å². The van der Waals surface area contributed by atoms with Crippen LogP contribution in [-0.2, 0) is 5.41 Å². The summed E-state index contributed by atoms with van der Waals surface area (Å²) in [7, 11) is 0. The topological polar surface area (TPSA) is 26.0 Å². The van der Waals surface area contributed by atoms with Crippen molar-refractivity contribution in [1.82, 2.24) is 4.98 Å². The van der Waals surface area contributed by atoms with Crippen molar-refractivity contribution in [2.24, 2.45) is 5.92 Å². The van der Waals surface area contributed by atoms with E-state index in [1.807, 2.05) is 24.3 Å². The Labute approximate surface area is 137 Å². The van der Waals surface area contributed by atoms with Crippen molar-refractivity contribution in [3.05, 3.63) is 54.1 Å². The average molecular weight is 305 g/mol. The molecule has 3 aromatic rings. The average Bonchev–Trinajstić information content (AvgIpc) is 3.00. The first kappa shape index (κ1) is 14.5. The zero-order chi connectivity index (χ0) is 15.9. The SMILES string of the molecule is CCC1CCC1(CC)c1ccccc1-c1nc2ccccc2o1. The van der Waals surface area contributed by atoms with Crippen molar-refractivity contribution in [3.63, 3.8) is 0 Å². The molecule has 0 bridgehead atoms. The van der Waals surface area contributed by atoms with Gasteiger partial charge in [0.1, 0.15) is 5.52 Å². The fourth-order valence-electron chi connectivity index (χ4n) is 4.39. The van der Waals surface area contributed by atoms with Crippen molar-refractivity contribution in [2.45, 2.75) is 44.9 Å². The molecule has 1 aliphatic carbocycles. The summed E-state index contributed by atoms with van der Waals surface area (Å²) in [6.07, 6.45) is 5.05. The van der Waals surface area contributed by atoms with Crippen LogP contribution in [0.15, 0.2) is 52.9 Å². The summed E-state index contributed by atoms with van der Waals surface area (Å²) in [6, 6.07) is 16.7. The molecule has 0 radical (unpaired) electrons. The fraction of sp³-hybridized carbons (Fsp3) is 0.381. The van der Waals surface area contributed by atoms with Crippen LogP contribution in [0.2, 0.25) is 0 Å². The van der Waals surface area contributed by atoms with Crippen LogP contribution in [0.5, 0.6) is 0 Å². The van der Waals surface area contributed by atoms with Gasteiger partial charge in [-0.25, -0.2) is 4.98 Å². The first-order valence-corrected chi connectivity index (χ1v) is 8.74. The zero-order valence-electron chi connectivity index (χ0n) is 13.9. The van der Waals surface area contributed by atoms with Crippen LogP contribution in [0.3, 0.4) is 0 Å². The summed E-state index contributed by atoms with van der Waals surface area (Å²) in [4.78, 5) is 4.73. The number of benzene rings is 2. The summed E-state index contributed by atoms with van der Waals surface area (Å²) in [5.41, 5.74) is 4.69. The molecule has 23 heavy (non-hydrogen) atoms. The molecule has 0 N–H and O–H groups in total. The Balaban J connectivity index is 1.87. The molecule has 1 fully saturated rings. The largest absolute Gasteiger partial charge is 0.436 e. The lowest BCUT2D eigenvalue weighted by molar-refractivity contribution is 0.110. The Kier molecular flexibility index (Phi) is 3.48. The highest BCUT2D eigenvalue weighted by Crippen LogP contribution is 2.54. The van der Waals surface area contributed by atoms with Gasteiger partial charge in [0, 0.05) is 5.56 Å². The molecule has 1 saturated carbocycles. The molecular formula is C21H23NO. The number of para-hydroxylation sites is 2. The van der Waals surface area contributed by atoms with Crippen LogP contribution in [0.25, 0.3) is 22.6 Å². The van der Waals surface area contributed by atoms with Crippen LogP contribution in [-0.4, -0.2) is 4.98 Å².